The Morgan fingerprint density at radius 3 is 2.32 bits per heavy atom. The predicted molar refractivity (Wildman–Crippen MR) is 102 cm³/mol. The summed E-state index contributed by atoms with van der Waals surface area (Å²) in [5.41, 5.74) is 0.0196. The normalized spacial score (nSPS) is 14.4. The second-order valence-electron chi connectivity index (χ2n) is 6.89. The third-order valence-electron chi connectivity index (χ3n) is 5.10. The molecule has 0 atom stereocenters. The predicted octanol–water partition coefficient (Wildman–Crippen LogP) is 3.96. The zero-order chi connectivity index (χ0) is 19.8. The first-order valence-corrected chi connectivity index (χ1v) is 9.09. The Morgan fingerprint density at radius 1 is 1.00 bits per heavy atom. The number of anilines is 1. The van der Waals surface area contributed by atoms with E-state index in [9.17, 15) is 23.5 Å². The molecule has 0 amide bonds. The number of carboxylic acids is 1. The summed E-state index contributed by atoms with van der Waals surface area (Å²) in [6, 6.07) is 8.13. The van der Waals surface area contributed by atoms with E-state index in [0.29, 0.717) is 16.9 Å². The van der Waals surface area contributed by atoms with Crippen molar-refractivity contribution in [1.29, 1.82) is 0 Å². The maximum atomic E-state index is 14.8. The largest absolute Gasteiger partial charge is 0.477 e. The lowest BCUT2D eigenvalue weighted by Gasteiger charge is -2.29. The smallest absolute Gasteiger partial charge is 0.341 e. The first kappa shape index (κ1) is 18.2. The summed E-state index contributed by atoms with van der Waals surface area (Å²) in [6.45, 7) is 1.44. The van der Waals surface area contributed by atoms with E-state index in [1.807, 2.05) is 4.90 Å². The molecule has 0 saturated carbocycles. The van der Waals surface area contributed by atoms with Crippen LogP contribution in [0.4, 0.5) is 14.5 Å². The summed E-state index contributed by atoms with van der Waals surface area (Å²) >= 11 is 0. The van der Waals surface area contributed by atoms with Gasteiger partial charge in [0.05, 0.1) is 11.2 Å². The van der Waals surface area contributed by atoms with Crippen molar-refractivity contribution in [1.82, 2.24) is 4.57 Å². The molecular weight excluding hydrogens is 366 g/mol. The molecule has 1 saturated heterocycles. The van der Waals surface area contributed by atoms with E-state index in [1.165, 1.54) is 35.0 Å². The van der Waals surface area contributed by atoms with Gasteiger partial charge in [0.1, 0.15) is 17.2 Å². The van der Waals surface area contributed by atoms with Crippen molar-refractivity contribution in [3.8, 4) is 5.69 Å². The Kier molecular flexibility index (Phi) is 4.58. The molecule has 0 aliphatic carbocycles. The van der Waals surface area contributed by atoms with E-state index >= 15 is 0 Å². The number of rotatable bonds is 3. The number of hydrogen-bond acceptors (Lipinski definition) is 3. The van der Waals surface area contributed by atoms with Crippen LogP contribution in [-0.2, 0) is 0 Å². The minimum atomic E-state index is -1.40. The Hall–Kier alpha value is -3.22. The highest BCUT2D eigenvalue weighted by molar-refractivity contribution is 5.94. The van der Waals surface area contributed by atoms with Gasteiger partial charge in [-0.15, -0.1) is 0 Å². The fourth-order valence-electron chi connectivity index (χ4n) is 3.68. The third kappa shape index (κ3) is 3.13. The number of benzene rings is 2. The van der Waals surface area contributed by atoms with E-state index in [-0.39, 0.29) is 5.39 Å². The average molecular weight is 384 g/mol. The van der Waals surface area contributed by atoms with Gasteiger partial charge in [-0.2, -0.15) is 0 Å². The Labute approximate surface area is 159 Å². The standard InChI is InChI=1S/C21H18F2N2O3/c22-13-4-6-14(7-5-13)25-12-16(21(27)28)20(26)15-10-17(23)19(11-18(15)25)24-8-2-1-3-9-24/h4-7,10-12H,1-3,8-9H2,(H,27,28). The average Bonchev–Trinajstić information content (AvgIpc) is 2.69. The zero-order valence-corrected chi connectivity index (χ0v) is 15.0. The maximum absolute atomic E-state index is 14.8. The van der Waals surface area contributed by atoms with Crippen molar-refractivity contribution >= 4 is 22.6 Å². The number of aromatic nitrogens is 1. The molecule has 28 heavy (non-hydrogen) atoms. The summed E-state index contributed by atoms with van der Waals surface area (Å²) in [5, 5.41) is 9.37. The van der Waals surface area contributed by atoms with Crippen molar-refractivity contribution in [3.63, 3.8) is 0 Å². The van der Waals surface area contributed by atoms with Gasteiger partial charge in [0, 0.05) is 30.4 Å². The van der Waals surface area contributed by atoms with Crippen LogP contribution in [0.1, 0.15) is 29.6 Å². The summed E-state index contributed by atoms with van der Waals surface area (Å²) in [5.74, 6) is -2.39. The highest BCUT2D eigenvalue weighted by Crippen LogP contribution is 2.29. The molecule has 3 aromatic rings. The number of aromatic carboxylic acids is 1. The number of piperidine rings is 1. The first-order chi connectivity index (χ1) is 13.5. The van der Waals surface area contributed by atoms with Crippen molar-refractivity contribution in [3.05, 3.63) is 70.0 Å². The lowest BCUT2D eigenvalue weighted by Crippen LogP contribution is -2.30. The van der Waals surface area contributed by atoms with Gasteiger partial charge in [-0.1, -0.05) is 0 Å². The molecule has 0 radical (unpaired) electrons. The molecule has 0 unspecified atom stereocenters. The number of halogens is 2. The molecule has 1 aliphatic rings. The topological polar surface area (TPSA) is 62.5 Å². The minimum Gasteiger partial charge on any atom is -0.477 e. The van der Waals surface area contributed by atoms with Gasteiger partial charge >= 0.3 is 5.97 Å². The quantitative estimate of drug-likeness (QED) is 0.743. The van der Waals surface area contributed by atoms with Crippen molar-refractivity contribution in [2.45, 2.75) is 19.3 Å². The zero-order valence-electron chi connectivity index (χ0n) is 15.0. The molecule has 4 rings (SSSR count). The lowest BCUT2D eigenvalue weighted by atomic mass is 10.1. The van der Waals surface area contributed by atoms with Crippen LogP contribution in [0, 0.1) is 11.6 Å². The molecule has 0 bridgehead atoms. The van der Waals surface area contributed by atoms with Crippen LogP contribution in [0.5, 0.6) is 0 Å². The summed E-state index contributed by atoms with van der Waals surface area (Å²) < 4.78 is 29.6. The molecule has 144 valence electrons. The van der Waals surface area contributed by atoms with Crippen LogP contribution in [-0.4, -0.2) is 28.7 Å². The molecule has 1 aromatic heterocycles. The van der Waals surface area contributed by atoms with E-state index in [1.54, 1.807) is 6.07 Å². The van der Waals surface area contributed by atoms with Gasteiger partial charge in [-0.05, 0) is 55.7 Å². The van der Waals surface area contributed by atoms with Gasteiger partial charge in [-0.3, -0.25) is 4.79 Å². The molecule has 5 nitrogen and oxygen atoms in total. The van der Waals surface area contributed by atoms with Gasteiger partial charge in [0.2, 0.25) is 5.43 Å². The second-order valence-corrected chi connectivity index (χ2v) is 6.89. The number of fused-ring (bicyclic) bond motifs is 1. The first-order valence-electron chi connectivity index (χ1n) is 9.09. The minimum absolute atomic E-state index is 0.0255. The molecule has 1 N–H and O–H groups in total. The van der Waals surface area contributed by atoms with E-state index in [2.05, 4.69) is 0 Å². The number of carbonyl (C=O) groups is 1. The van der Waals surface area contributed by atoms with Crippen molar-refractivity contribution in [2.75, 3.05) is 18.0 Å². The summed E-state index contributed by atoms with van der Waals surface area (Å²) in [7, 11) is 0. The second kappa shape index (κ2) is 7.07. The maximum Gasteiger partial charge on any atom is 0.341 e. The van der Waals surface area contributed by atoms with Gasteiger partial charge < -0.3 is 14.6 Å². The van der Waals surface area contributed by atoms with Gasteiger partial charge in [-0.25, -0.2) is 13.6 Å². The van der Waals surface area contributed by atoms with E-state index in [0.717, 1.165) is 38.4 Å². The van der Waals surface area contributed by atoms with Crippen LogP contribution >= 0.6 is 0 Å². The van der Waals surface area contributed by atoms with E-state index in [4.69, 9.17) is 0 Å². The Balaban J connectivity index is 2.01. The van der Waals surface area contributed by atoms with Crippen LogP contribution < -0.4 is 10.3 Å². The number of pyridine rings is 1. The fourth-order valence-corrected chi connectivity index (χ4v) is 3.68. The Morgan fingerprint density at radius 2 is 1.68 bits per heavy atom. The van der Waals surface area contributed by atoms with Crippen molar-refractivity contribution < 1.29 is 18.7 Å². The lowest BCUT2D eigenvalue weighted by molar-refractivity contribution is 0.0695. The SMILES string of the molecule is O=C(O)c1cn(-c2ccc(F)cc2)c2cc(N3CCCCC3)c(F)cc2c1=O. The highest BCUT2D eigenvalue weighted by Gasteiger charge is 2.21. The number of hydrogen-bond donors (Lipinski definition) is 1. The molecule has 7 heteroatoms. The van der Waals surface area contributed by atoms with Crippen LogP contribution in [0.25, 0.3) is 16.6 Å². The van der Waals surface area contributed by atoms with E-state index < -0.39 is 28.6 Å². The molecule has 1 aliphatic heterocycles. The molecular formula is C21H18F2N2O3. The van der Waals surface area contributed by atoms with Gasteiger partial charge in [0.25, 0.3) is 0 Å². The fraction of sp³-hybridized carbons (Fsp3) is 0.238. The third-order valence-corrected chi connectivity index (χ3v) is 5.10. The number of nitrogens with zero attached hydrogens (tertiary/aromatic N) is 2. The number of carboxylic acid groups (broad SMARTS) is 1. The monoisotopic (exact) mass is 384 g/mol. The van der Waals surface area contributed by atoms with Gasteiger partial charge in [0.15, 0.2) is 0 Å². The van der Waals surface area contributed by atoms with Crippen molar-refractivity contribution in [2.24, 2.45) is 0 Å². The molecule has 2 heterocycles. The molecule has 1 fully saturated rings. The highest BCUT2D eigenvalue weighted by atomic mass is 19.1. The van der Waals surface area contributed by atoms with Crippen LogP contribution in [0.2, 0.25) is 0 Å². The Bertz CT molecular complexity index is 1120. The summed E-state index contributed by atoms with van der Waals surface area (Å²) in [4.78, 5) is 26.1. The van der Waals surface area contributed by atoms with Crippen LogP contribution in [0.3, 0.4) is 0 Å². The van der Waals surface area contributed by atoms with Crippen LogP contribution in [0.15, 0.2) is 47.4 Å². The summed E-state index contributed by atoms with van der Waals surface area (Å²) in [6.07, 6.45) is 4.21. The molecule has 0 spiro atoms. The molecule has 2 aromatic carbocycles.